The van der Waals surface area contributed by atoms with Crippen molar-refractivity contribution in [2.45, 2.75) is 44.6 Å². The number of nitrogens with zero attached hydrogens (tertiary/aromatic N) is 1. The molecular weight excluding hydrogens is 408 g/mol. The lowest BCUT2D eigenvalue weighted by Gasteiger charge is -2.43. The average Bonchev–Trinajstić information content (AvgIpc) is 3.27. The molecule has 1 N–H and O–H groups in total. The molecule has 1 fully saturated rings. The summed E-state index contributed by atoms with van der Waals surface area (Å²) in [5.74, 6) is 1.59. The molecule has 2 aromatic rings. The van der Waals surface area contributed by atoms with E-state index >= 15 is 0 Å². The van der Waals surface area contributed by atoms with Crippen LogP contribution in [0, 0.1) is 0 Å². The van der Waals surface area contributed by atoms with Crippen LogP contribution in [-0.2, 0) is 16.7 Å². The number of anilines is 1. The van der Waals surface area contributed by atoms with Crippen LogP contribution in [-0.4, -0.2) is 43.3 Å². The van der Waals surface area contributed by atoms with Gasteiger partial charge >= 0.3 is 6.09 Å². The molecule has 2 aromatic carbocycles. The zero-order valence-corrected chi connectivity index (χ0v) is 18.3. The number of nitrogens with one attached hydrogen (secondary N) is 1. The Kier molecular flexibility index (Phi) is 5.41. The quantitative estimate of drug-likeness (QED) is 0.767. The van der Waals surface area contributed by atoms with Crippen LogP contribution in [0.2, 0.25) is 0 Å². The van der Waals surface area contributed by atoms with E-state index in [4.69, 9.17) is 14.2 Å². The van der Waals surface area contributed by atoms with Crippen LogP contribution in [0.1, 0.15) is 54.1 Å². The van der Waals surface area contributed by atoms with Gasteiger partial charge in [0.15, 0.2) is 11.5 Å². The van der Waals surface area contributed by atoms with Crippen LogP contribution in [0.25, 0.3) is 0 Å². The molecule has 3 aliphatic rings. The van der Waals surface area contributed by atoms with E-state index in [2.05, 4.69) is 17.4 Å². The highest BCUT2D eigenvalue weighted by molar-refractivity contribution is 5.95. The third-order valence-electron chi connectivity index (χ3n) is 6.70. The third kappa shape index (κ3) is 3.76. The van der Waals surface area contributed by atoms with E-state index in [1.54, 1.807) is 31.2 Å². The maximum atomic E-state index is 13.4. The number of rotatable bonds is 3. The van der Waals surface area contributed by atoms with Crippen molar-refractivity contribution in [2.24, 2.45) is 0 Å². The molecule has 1 aliphatic carbocycles. The van der Waals surface area contributed by atoms with Crippen molar-refractivity contribution in [3.05, 3.63) is 53.1 Å². The molecule has 0 atom stereocenters. The first-order valence-corrected chi connectivity index (χ1v) is 11.3. The minimum Gasteiger partial charge on any atom is -0.486 e. The van der Waals surface area contributed by atoms with Gasteiger partial charge in [0.1, 0.15) is 13.2 Å². The molecule has 0 saturated heterocycles. The Labute approximate surface area is 187 Å². The van der Waals surface area contributed by atoms with E-state index in [1.807, 2.05) is 4.90 Å². The predicted molar refractivity (Wildman–Crippen MR) is 119 cm³/mol. The Hall–Kier alpha value is -3.22. The number of amides is 2. The molecule has 1 saturated carbocycles. The van der Waals surface area contributed by atoms with E-state index in [0.717, 1.165) is 29.9 Å². The molecule has 32 heavy (non-hydrogen) atoms. The van der Waals surface area contributed by atoms with Crippen LogP contribution in [0.4, 0.5) is 10.5 Å². The van der Waals surface area contributed by atoms with Crippen LogP contribution in [0.3, 0.4) is 0 Å². The van der Waals surface area contributed by atoms with Crippen molar-refractivity contribution < 1.29 is 23.8 Å². The van der Waals surface area contributed by atoms with Gasteiger partial charge in [-0.15, -0.1) is 0 Å². The van der Waals surface area contributed by atoms with Gasteiger partial charge in [-0.25, -0.2) is 4.79 Å². The monoisotopic (exact) mass is 436 g/mol. The van der Waals surface area contributed by atoms with Crippen molar-refractivity contribution in [1.82, 2.24) is 4.90 Å². The molecule has 2 aliphatic heterocycles. The Bertz CT molecular complexity index is 1030. The second-order valence-electron chi connectivity index (χ2n) is 8.72. The number of ether oxygens (including phenoxy) is 3. The highest BCUT2D eigenvalue weighted by Gasteiger charge is 2.44. The van der Waals surface area contributed by atoms with Crippen LogP contribution in [0.5, 0.6) is 11.5 Å². The van der Waals surface area contributed by atoms with E-state index in [-0.39, 0.29) is 11.3 Å². The van der Waals surface area contributed by atoms with Crippen molar-refractivity contribution >= 4 is 17.7 Å². The molecule has 0 bridgehead atoms. The fraction of sp³-hybridized carbons (Fsp3) is 0.440. The normalized spacial score (nSPS) is 18.2. The first kappa shape index (κ1) is 20.7. The van der Waals surface area contributed by atoms with Crippen LogP contribution < -0.4 is 14.8 Å². The van der Waals surface area contributed by atoms with Gasteiger partial charge in [-0.1, -0.05) is 12.8 Å². The fourth-order valence-corrected chi connectivity index (χ4v) is 5.25. The largest absolute Gasteiger partial charge is 0.486 e. The summed E-state index contributed by atoms with van der Waals surface area (Å²) >= 11 is 0. The summed E-state index contributed by atoms with van der Waals surface area (Å²) in [4.78, 5) is 27.0. The SMILES string of the molecule is CCOC(=O)Nc1ccc(C(=O)N2Cc3cc4c(cc3C3(CCCC3)C2)OCCO4)cc1. The smallest absolute Gasteiger partial charge is 0.411 e. The fourth-order valence-electron chi connectivity index (χ4n) is 5.25. The number of fused-ring (bicyclic) bond motifs is 3. The standard InChI is InChI=1S/C25H28N2O5/c1-2-30-24(29)26-19-7-5-17(6-8-19)23(28)27-15-18-13-21-22(32-12-11-31-21)14-20(18)25(16-27)9-3-4-10-25/h5-8,13-14H,2-4,9-12,15-16H2,1H3,(H,26,29). The lowest BCUT2D eigenvalue weighted by molar-refractivity contribution is 0.0669. The zero-order chi connectivity index (χ0) is 22.1. The summed E-state index contributed by atoms with van der Waals surface area (Å²) < 4.78 is 16.6. The Morgan fingerprint density at radius 2 is 1.75 bits per heavy atom. The van der Waals surface area contributed by atoms with Gasteiger partial charge in [0, 0.05) is 29.8 Å². The van der Waals surface area contributed by atoms with Crippen molar-refractivity contribution in [1.29, 1.82) is 0 Å². The van der Waals surface area contributed by atoms with Gasteiger partial charge in [-0.05, 0) is 67.3 Å². The highest BCUT2D eigenvalue weighted by atomic mass is 16.6. The van der Waals surface area contributed by atoms with Gasteiger partial charge in [0.05, 0.1) is 6.61 Å². The van der Waals surface area contributed by atoms with Gasteiger partial charge in [0.25, 0.3) is 5.91 Å². The Morgan fingerprint density at radius 3 is 2.44 bits per heavy atom. The summed E-state index contributed by atoms with van der Waals surface area (Å²) in [6, 6.07) is 11.2. The number of benzene rings is 2. The van der Waals surface area contributed by atoms with Crippen molar-refractivity contribution in [3.8, 4) is 11.5 Å². The second kappa shape index (κ2) is 8.37. The van der Waals surface area contributed by atoms with Crippen LogP contribution >= 0.6 is 0 Å². The number of hydrogen-bond acceptors (Lipinski definition) is 5. The van der Waals surface area contributed by atoms with Crippen molar-refractivity contribution in [2.75, 3.05) is 31.7 Å². The average molecular weight is 437 g/mol. The predicted octanol–water partition coefficient (Wildman–Crippen LogP) is 4.49. The minimum atomic E-state index is -0.503. The number of carbonyl (C=O) groups is 2. The molecule has 0 radical (unpaired) electrons. The molecule has 0 aromatic heterocycles. The van der Waals surface area contributed by atoms with Gasteiger partial charge in [-0.3, -0.25) is 10.1 Å². The first-order valence-electron chi connectivity index (χ1n) is 11.3. The van der Waals surface area contributed by atoms with Gasteiger partial charge in [0.2, 0.25) is 0 Å². The lowest BCUT2D eigenvalue weighted by Crippen LogP contribution is -2.46. The molecule has 7 nitrogen and oxygen atoms in total. The second-order valence-corrected chi connectivity index (χ2v) is 8.72. The maximum Gasteiger partial charge on any atom is 0.411 e. The number of hydrogen-bond donors (Lipinski definition) is 1. The highest BCUT2D eigenvalue weighted by Crippen LogP contribution is 2.49. The molecule has 2 heterocycles. The van der Waals surface area contributed by atoms with E-state index in [1.165, 1.54) is 18.4 Å². The van der Waals surface area contributed by atoms with Crippen molar-refractivity contribution in [3.63, 3.8) is 0 Å². The maximum absolute atomic E-state index is 13.4. The van der Waals surface area contributed by atoms with E-state index < -0.39 is 6.09 Å². The lowest BCUT2D eigenvalue weighted by atomic mass is 9.73. The molecular formula is C25H28N2O5. The first-order chi connectivity index (χ1) is 15.6. The summed E-state index contributed by atoms with van der Waals surface area (Å²) in [6.45, 7) is 4.44. The molecule has 7 heteroatoms. The Morgan fingerprint density at radius 1 is 1.06 bits per heavy atom. The number of carbonyl (C=O) groups excluding carboxylic acids is 2. The van der Waals surface area contributed by atoms with E-state index in [9.17, 15) is 9.59 Å². The molecule has 5 rings (SSSR count). The van der Waals surface area contributed by atoms with Crippen LogP contribution in [0.15, 0.2) is 36.4 Å². The molecule has 0 unspecified atom stereocenters. The zero-order valence-electron chi connectivity index (χ0n) is 18.3. The van der Waals surface area contributed by atoms with E-state index in [0.29, 0.717) is 44.2 Å². The van der Waals surface area contributed by atoms with Gasteiger partial charge < -0.3 is 19.1 Å². The molecule has 168 valence electrons. The molecule has 1 spiro atoms. The van der Waals surface area contributed by atoms with Gasteiger partial charge in [-0.2, -0.15) is 0 Å². The Balaban J connectivity index is 1.40. The summed E-state index contributed by atoms with van der Waals surface area (Å²) in [6.07, 6.45) is 3.99. The topological polar surface area (TPSA) is 77.1 Å². The third-order valence-corrected chi connectivity index (χ3v) is 6.70. The summed E-state index contributed by atoms with van der Waals surface area (Å²) in [7, 11) is 0. The molecule has 2 amide bonds. The summed E-state index contributed by atoms with van der Waals surface area (Å²) in [5, 5.41) is 2.66. The summed E-state index contributed by atoms with van der Waals surface area (Å²) in [5.41, 5.74) is 3.65. The minimum absolute atomic E-state index is 0.000464.